The van der Waals surface area contributed by atoms with Crippen molar-refractivity contribution >= 4 is 11.0 Å². The molecule has 1 aromatic carbocycles. The van der Waals surface area contributed by atoms with Gasteiger partial charge in [0.2, 0.25) is 0 Å². The molecule has 4 nitrogen and oxygen atoms in total. The van der Waals surface area contributed by atoms with Crippen molar-refractivity contribution < 1.29 is 14.3 Å². The lowest BCUT2D eigenvalue weighted by Crippen LogP contribution is -2.45. The number of rotatable bonds is 5. The summed E-state index contributed by atoms with van der Waals surface area (Å²) in [4.78, 5) is 0. The number of aliphatic hydroxyl groups excluding tert-OH is 1. The van der Waals surface area contributed by atoms with Crippen LogP contribution in [0.4, 0.5) is 0 Å². The lowest BCUT2D eigenvalue weighted by molar-refractivity contribution is 0.160. The van der Waals surface area contributed by atoms with Crippen LogP contribution in [-0.4, -0.2) is 24.4 Å². The summed E-state index contributed by atoms with van der Waals surface area (Å²) < 4.78 is 11.2. The van der Waals surface area contributed by atoms with Gasteiger partial charge < -0.3 is 19.6 Å². The molecule has 0 amide bonds. The Morgan fingerprint density at radius 3 is 2.85 bits per heavy atom. The fourth-order valence-corrected chi connectivity index (χ4v) is 3.05. The molecule has 1 aromatic heterocycles. The van der Waals surface area contributed by atoms with Crippen LogP contribution in [0.2, 0.25) is 0 Å². The average molecular weight is 275 g/mol. The molecule has 0 spiro atoms. The van der Waals surface area contributed by atoms with E-state index in [0.29, 0.717) is 6.54 Å². The lowest BCUT2D eigenvalue weighted by Gasteiger charge is -2.27. The lowest BCUT2D eigenvalue weighted by atomic mass is 9.99. The first-order chi connectivity index (χ1) is 9.76. The Kier molecular flexibility index (Phi) is 3.68. The van der Waals surface area contributed by atoms with E-state index in [1.807, 2.05) is 24.3 Å². The van der Waals surface area contributed by atoms with Crippen LogP contribution in [0.5, 0.6) is 5.75 Å². The first-order valence-corrected chi connectivity index (χ1v) is 7.18. The third kappa shape index (κ3) is 2.41. The zero-order chi connectivity index (χ0) is 14.0. The number of para-hydroxylation sites is 1. The molecular weight excluding hydrogens is 254 g/mol. The molecule has 20 heavy (non-hydrogen) atoms. The summed E-state index contributed by atoms with van der Waals surface area (Å²) in [5.74, 6) is 1.63. The molecule has 0 radical (unpaired) electrons. The number of benzene rings is 1. The number of hydrogen-bond donors (Lipinski definition) is 2. The Morgan fingerprint density at radius 2 is 2.15 bits per heavy atom. The van der Waals surface area contributed by atoms with Gasteiger partial charge in [-0.2, -0.15) is 0 Å². The van der Waals surface area contributed by atoms with E-state index >= 15 is 0 Å². The third-order valence-corrected chi connectivity index (χ3v) is 4.28. The number of furan rings is 1. The smallest absolute Gasteiger partial charge is 0.176 e. The van der Waals surface area contributed by atoms with E-state index in [2.05, 4.69) is 5.32 Å². The first kappa shape index (κ1) is 13.5. The summed E-state index contributed by atoms with van der Waals surface area (Å²) in [6.45, 7) is 0.828. The minimum atomic E-state index is -0.122. The van der Waals surface area contributed by atoms with E-state index in [1.165, 1.54) is 12.8 Å². The maximum Gasteiger partial charge on any atom is 0.176 e. The van der Waals surface area contributed by atoms with Gasteiger partial charge in [0, 0.05) is 10.9 Å². The molecule has 4 heteroatoms. The maximum absolute atomic E-state index is 9.60. The Hall–Kier alpha value is -1.52. The van der Waals surface area contributed by atoms with Crippen molar-refractivity contribution in [2.45, 2.75) is 37.8 Å². The third-order valence-electron chi connectivity index (χ3n) is 4.28. The van der Waals surface area contributed by atoms with Crippen LogP contribution in [0, 0.1) is 0 Å². The summed E-state index contributed by atoms with van der Waals surface area (Å²) in [5.41, 5.74) is 0.666. The van der Waals surface area contributed by atoms with Crippen molar-refractivity contribution in [2.24, 2.45) is 0 Å². The largest absolute Gasteiger partial charge is 0.493 e. The highest BCUT2D eigenvalue weighted by Gasteiger charge is 2.32. The summed E-state index contributed by atoms with van der Waals surface area (Å²) in [6.07, 6.45) is 4.43. The number of fused-ring (bicyclic) bond motifs is 1. The second-order valence-electron chi connectivity index (χ2n) is 5.59. The standard InChI is InChI=1S/C16H21NO3/c1-19-14-6-4-5-12-9-13(20-15(12)14)10-17-16(11-18)7-2-3-8-16/h4-6,9,17-18H,2-3,7-8,10-11H2,1H3. The maximum atomic E-state index is 9.60. The Labute approximate surface area is 118 Å². The van der Waals surface area contributed by atoms with Crippen LogP contribution >= 0.6 is 0 Å². The van der Waals surface area contributed by atoms with Gasteiger partial charge in [0.1, 0.15) is 5.76 Å². The van der Waals surface area contributed by atoms with E-state index in [0.717, 1.165) is 35.3 Å². The molecule has 1 fully saturated rings. The van der Waals surface area contributed by atoms with Crippen molar-refractivity contribution in [3.63, 3.8) is 0 Å². The molecule has 0 saturated heterocycles. The predicted octanol–water partition coefficient (Wildman–Crippen LogP) is 2.84. The molecule has 0 atom stereocenters. The molecule has 2 aromatic rings. The second-order valence-corrected chi connectivity index (χ2v) is 5.59. The zero-order valence-corrected chi connectivity index (χ0v) is 11.8. The van der Waals surface area contributed by atoms with Crippen molar-refractivity contribution in [3.8, 4) is 5.75 Å². The molecule has 108 valence electrons. The van der Waals surface area contributed by atoms with Gasteiger partial charge in [-0.1, -0.05) is 25.0 Å². The Balaban J connectivity index is 1.78. The number of ether oxygens (including phenoxy) is 1. The molecule has 3 rings (SSSR count). The molecule has 1 aliphatic carbocycles. The van der Waals surface area contributed by atoms with Crippen molar-refractivity contribution in [1.82, 2.24) is 5.32 Å². The van der Waals surface area contributed by atoms with E-state index in [1.54, 1.807) is 7.11 Å². The van der Waals surface area contributed by atoms with Gasteiger partial charge in [-0.15, -0.1) is 0 Å². The summed E-state index contributed by atoms with van der Waals surface area (Å²) >= 11 is 0. The second kappa shape index (κ2) is 5.46. The minimum Gasteiger partial charge on any atom is -0.493 e. The fourth-order valence-electron chi connectivity index (χ4n) is 3.05. The molecule has 0 bridgehead atoms. The van der Waals surface area contributed by atoms with Crippen LogP contribution in [0.25, 0.3) is 11.0 Å². The fraction of sp³-hybridized carbons (Fsp3) is 0.500. The highest BCUT2D eigenvalue weighted by Crippen LogP contribution is 2.31. The van der Waals surface area contributed by atoms with Gasteiger partial charge in [-0.3, -0.25) is 0 Å². The van der Waals surface area contributed by atoms with E-state index in [-0.39, 0.29) is 12.1 Å². The van der Waals surface area contributed by atoms with Gasteiger partial charge in [0.05, 0.1) is 20.3 Å². The summed E-state index contributed by atoms with van der Waals surface area (Å²) in [7, 11) is 1.65. The average Bonchev–Trinajstić information content (AvgIpc) is 3.11. The van der Waals surface area contributed by atoms with Crippen LogP contribution in [0.15, 0.2) is 28.7 Å². The first-order valence-electron chi connectivity index (χ1n) is 7.18. The number of methoxy groups -OCH3 is 1. The number of aliphatic hydroxyl groups is 1. The van der Waals surface area contributed by atoms with E-state index in [4.69, 9.17) is 9.15 Å². The van der Waals surface area contributed by atoms with Crippen LogP contribution in [0.3, 0.4) is 0 Å². The highest BCUT2D eigenvalue weighted by molar-refractivity contribution is 5.83. The van der Waals surface area contributed by atoms with Crippen LogP contribution in [0.1, 0.15) is 31.4 Å². The highest BCUT2D eigenvalue weighted by atomic mass is 16.5. The molecule has 1 saturated carbocycles. The van der Waals surface area contributed by atoms with Gasteiger partial charge in [0.15, 0.2) is 11.3 Å². The van der Waals surface area contributed by atoms with Crippen LogP contribution in [-0.2, 0) is 6.54 Å². The SMILES string of the molecule is COc1cccc2cc(CNC3(CO)CCCC3)oc12. The van der Waals surface area contributed by atoms with Gasteiger partial charge >= 0.3 is 0 Å². The normalized spacial score (nSPS) is 17.7. The van der Waals surface area contributed by atoms with Crippen molar-refractivity contribution in [1.29, 1.82) is 0 Å². The molecular formula is C16H21NO3. The molecule has 1 heterocycles. The number of hydrogen-bond acceptors (Lipinski definition) is 4. The summed E-state index contributed by atoms with van der Waals surface area (Å²) in [5, 5.41) is 14.1. The monoisotopic (exact) mass is 275 g/mol. The van der Waals surface area contributed by atoms with Gasteiger partial charge in [-0.25, -0.2) is 0 Å². The van der Waals surface area contributed by atoms with Gasteiger partial charge in [0.25, 0.3) is 0 Å². The van der Waals surface area contributed by atoms with Crippen molar-refractivity contribution in [2.75, 3.05) is 13.7 Å². The molecule has 2 N–H and O–H groups in total. The quantitative estimate of drug-likeness (QED) is 0.881. The number of nitrogens with one attached hydrogen (secondary N) is 1. The molecule has 0 aliphatic heterocycles. The predicted molar refractivity (Wildman–Crippen MR) is 77.9 cm³/mol. The van der Waals surface area contributed by atoms with Crippen LogP contribution < -0.4 is 10.1 Å². The zero-order valence-electron chi connectivity index (χ0n) is 11.8. The minimum absolute atomic E-state index is 0.122. The molecule has 1 aliphatic rings. The Bertz CT molecular complexity index is 584. The van der Waals surface area contributed by atoms with Crippen molar-refractivity contribution in [3.05, 3.63) is 30.0 Å². The Morgan fingerprint density at radius 1 is 1.35 bits per heavy atom. The summed E-state index contributed by atoms with van der Waals surface area (Å²) in [6, 6.07) is 7.91. The molecule has 0 unspecified atom stereocenters. The van der Waals surface area contributed by atoms with Gasteiger partial charge in [-0.05, 0) is 25.0 Å². The topological polar surface area (TPSA) is 54.6 Å². The van der Waals surface area contributed by atoms with E-state index < -0.39 is 0 Å². The van der Waals surface area contributed by atoms with E-state index in [9.17, 15) is 5.11 Å².